The molecule has 0 aliphatic carbocycles. The standard InChI is InChI=1S/C12H16N2O7S/c1-3-4-9(12(15)16)13-22(19,20)8-5-6-10(14(17)18)11(7-8)21-2/h5-7,9,13H,3-4H2,1-2H3,(H,15,16). The first kappa shape index (κ1) is 17.9. The van der Waals surface area contributed by atoms with Gasteiger partial charge in [-0.2, -0.15) is 4.72 Å². The second-order valence-electron chi connectivity index (χ2n) is 4.39. The van der Waals surface area contributed by atoms with Crippen LogP contribution in [-0.4, -0.2) is 37.6 Å². The molecule has 0 aromatic heterocycles. The Morgan fingerprint density at radius 2 is 2.14 bits per heavy atom. The predicted octanol–water partition coefficient (Wildman–Crippen LogP) is 1.13. The number of methoxy groups -OCH3 is 1. The summed E-state index contributed by atoms with van der Waals surface area (Å²) in [4.78, 5) is 20.8. The Labute approximate surface area is 127 Å². The Hall–Kier alpha value is -2.20. The number of aliphatic carboxylic acids is 1. The third-order valence-corrected chi connectivity index (χ3v) is 4.30. The van der Waals surface area contributed by atoms with Crippen molar-refractivity contribution in [1.82, 2.24) is 4.72 Å². The molecule has 1 unspecified atom stereocenters. The molecule has 1 atom stereocenters. The smallest absolute Gasteiger partial charge is 0.321 e. The number of nitro groups is 1. The van der Waals surface area contributed by atoms with Gasteiger partial charge in [-0.25, -0.2) is 8.42 Å². The molecule has 2 N–H and O–H groups in total. The van der Waals surface area contributed by atoms with Crippen molar-refractivity contribution in [3.05, 3.63) is 28.3 Å². The molecule has 0 amide bonds. The van der Waals surface area contributed by atoms with Crippen molar-refractivity contribution in [1.29, 1.82) is 0 Å². The Bertz CT molecular complexity index is 672. The lowest BCUT2D eigenvalue weighted by Gasteiger charge is -2.14. The first-order valence-electron chi connectivity index (χ1n) is 6.30. The van der Waals surface area contributed by atoms with E-state index >= 15 is 0 Å². The highest BCUT2D eigenvalue weighted by atomic mass is 32.2. The summed E-state index contributed by atoms with van der Waals surface area (Å²) in [6.45, 7) is 1.72. The molecule has 22 heavy (non-hydrogen) atoms. The average molecular weight is 332 g/mol. The van der Waals surface area contributed by atoms with Gasteiger partial charge in [0, 0.05) is 12.1 Å². The van der Waals surface area contributed by atoms with Gasteiger partial charge in [-0.05, 0) is 12.5 Å². The highest BCUT2D eigenvalue weighted by Crippen LogP contribution is 2.29. The maximum Gasteiger partial charge on any atom is 0.321 e. The number of carboxylic acids is 1. The zero-order valence-electron chi connectivity index (χ0n) is 12.0. The number of nitrogens with one attached hydrogen (secondary N) is 1. The lowest BCUT2D eigenvalue weighted by atomic mass is 10.2. The topological polar surface area (TPSA) is 136 Å². The average Bonchev–Trinajstić information content (AvgIpc) is 2.45. The second-order valence-corrected chi connectivity index (χ2v) is 6.11. The number of ether oxygens (including phenoxy) is 1. The molecule has 0 saturated carbocycles. The number of nitrogens with zero attached hydrogens (tertiary/aromatic N) is 1. The summed E-state index contributed by atoms with van der Waals surface area (Å²) in [5, 5.41) is 19.8. The fourth-order valence-corrected chi connectivity index (χ4v) is 2.99. The lowest BCUT2D eigenvalue weighted by Crippen LogP contribution is -2.40. The van der Waals surface area contributed by atoms with E-state index in [1.807, 2.05) is 0 Å². The van der Waals surface area contributed by atoms with E-state index in [1.54, 1.807) is 6.92 Å². The Morgan fingerprint density at radius 3 is 2.59 bits per heavy atom. The summed E-state index contributed by atoms with van der Waals surface area (Å²) in [7, 11) is -2.97. The van der Waals surface area contributed by atoms with Gasteiger partial charge in [0.25, 0.3) is 0 Å². The molecule has 0 radical (unpaired) electrons. The molecular formula is C12H16N2O7S. The van der Waals surface area contributed by atoms with Crippen molar-refractivity contribution in [2.45, 2.75) is 30.7 Å². The molecule has 1 rings (SSSR count). The summed E-state index contributed by atoms with van der Waals surface area (Å²) >= 11 is 0. The minimum absolute atomic E-state index is 0.124. The third kappa shape index (κ3) is 4.15. The van der Waals surface area contributed by atoms with Crippen molar-refractivity contribution in [2.75, 3.05) is 7.11 Å². The molecule has 10 heteroatoms. The van der Waals surface area contributed by atoms with Gasteiger partial charge in [-0.15, -0.1) is 0 Å². The number of carbonyl (C=O) groups is 1. The van der Waals surface area contributed by atoms with E-state index in [0.717, 1.165) is 18.2 Å². The number of nitro benzene ring substituents is 1. The zero-order chi connectivity index (χ0) is 16.9. The van der Waals surface area contributed by atoms with Gasteiger partial charge in [-0.3, -0.25) is 14.9 Å². The highest BCUT2D eigenvalue weighted by Gasteiger charge is 2.26. The van der Waals surface area contributed by atoms with E-state index in [4.69, 9.17) is 9.84 Å². The van der Waals surface area contributed by atoms with Crippen LogP contribution >= 0.6 is 0 Å². The normalized spacial score (nSPS) is 12.6. The highest BCUT2D eigenvalue weighted by molar-refractivity contribution is 7.89. The molecule has 1 aromatic carbocycles. The summed E-state index contributed by atoms with van der Waals surface area (Å²) < 4.78 is 31.2. The van der Waals surface area contributed by atoms with Crippen molar-refractivity contribution < 1.29 is 28.0 Å². The van der Waals surface area contributed by atoms with Gasteiger partial charge in [0.1, 0.15) is 6.04 Å². The number of carboxylic acid groups (broad SMARTS) is 1. The Kier molecular flexibility index (Phi) is 5.83. The van der Waals surface area contributed by atoms with Gasteiger partial charge < -0.3 is 9.84 Å². The van der Waals surface area contributed by atoms with Gasteiger partial charge in [-0.1, -0.05) is 13.3 Å². The summed E-state index contributed by atoms with van der Waals surface area (Å²) in [6, 6.07) is 1.72. The Balaban J connectivity index is 3.17. The van der Waals surface area contributed by atoms with Gasteiger partial charge in [0.05, 0.1) is 16.9 Å². The molecular weight excluding hydrogens is 316 g/mol. The first-order valence-corrected chi connectivity index (χ1v) is 7.78. The number of hydrogen-bond acceptors (Lipinski definition) is 6. The van der Waals surface area contributed by atoms with Crippen LogP contribution in [0.25, 0.3) is 0 Å². The number of sulfonamides is 1. The number of benzene rings is 1. The Morgan fingerprint density at radius 1 is 1.50 bits per heavy atom. The SMILES string of the molecule is CCCC(NS(=O)(=O)c1ccc([N+](=O)[O-])c(OC)c1)C(=O)O. The predicted molar refractivity (Wildman–Crippen MR) is 76.3 cm³/mol. The van der Waals surface area contributed by atoms with E-state index < -0.39 is 27.0 Å². The summed E-state index contributed by atoms with van der Waals surface area (Å²) in [5.74, 6) is -1.52. The first-order chi connectivity index (χ1) is 10.2. The van der Waals surface area contributed by atoms with Crippen molar-refractivity contribution in [2.24, 2.45) is 0 Å². The third-order valence-electron chi connectivity index (χ3n) is 2.83. The minimum atomic E-state index is -4.14. The molecule has 0 saturated heterocycles. The van der Waals surface area contributed by atoms with Crippen LogP contribution in [-0.2, 0) is 14.8 Å². The van der Waals surface area contributed by atoms with E-state index in [0.29, 0.717) is 6.42 Å². The summed E-state index contributed by atoms with van der Waals surface area (Å²) in [5.41, 5.74) is -0.384. The molecule has 122 valence electrons. The number of hydrogen-bond donors (Lipinski definition) is 2. The van der Waals surface area contributed by atoms with Crippen LogP contribution in [0.4, 0.5) is 5.69 Å². The molecule has 1 aromatic rings. The molecule has 0 spiro atoms. The van der Waals surface area contributed by atoms with Crippen LogP contribution in [0.1, 0.15) is 19.8 Å². The van der Waals surface area contributed by atoms with Crippen LogP contribution in [0.3, 0.4) is 0 Å². The van der Waals surface area contributed by atoms with Crippen LogP contribution in [0.15, 0.2) is 23.1 Å². The van der Waals surface area contributed by atoms with Crippen molar-refractivity contribution in [3.63, 3.8) is 0 Å². The van der Waals surface area contributed by atoms with Crippen molar-refractivity contribution >= 4 is 21.7 Å². The van der Waals surface area contributed by atoms with Gasteiger partial charge >= 0.3 is 11.7 Å². The summed E-state index contributed by atoms with van der Waals surface area (Å²) in [6.07, 6.45) is 0.599. The monoisotopic (exact) mass is 332 g/mol. The van der Waals surface area contributed by atoms with Gasteiger partial charge in [0.2, 0.25) is 10.0 Å². The molecule has 0 aliphatic heterocycles. The van der Waals surface area contributed by atoms with Crippen molar-refractivity contribution in [3.8, 4) is 5.75 Å². The maximum absolute atomic E-state index is 12.2. The van der Waals surface area contributed by atoms with Crippen LogP contribution in [0.5, 0.6) is 5.75 Å². The van der Waals surface area contributed by atoms with Crippen LogP contribution in [0.2, 0.25) is 0 Å². The van der Waals surface area contributed by atoms with E-state index in [9.17, 15) is 23.3 Å². The second kappa shape index (κ2) is 7.18. The van der Waals surface area contributed by atoms with Crippen LogP contribution in [0, 0.1) is 10.1 Å². The minimum Gasteiger partial charge on any atom is -0.490 e. The molecule has 0 bridgehead atoms. The van der Waals surface area contributed by atoms with Gasteiger partial charge in [0.15, 0.2) is 5.75 Å². The molecule has 0 aliphatic rings. The lowest BCUT2D eigenvalue weighted by molar-refractivity contribution is -0.385. The maximum atomic E-state index is 12.2. The zero-order valence-corrected chi connectivity index (χ0v) is 12.8. The fourth-order valence-electron chi connectivity index (χ4n) is 1.75. The van der Waals surface area contributed by atoms with E-state index in [-0.39, 0.29) is 22.8 Å². The molecule has 9 nitrogen and oxygen atoms in total. The molecule has 0 fully saturated rings. The van der Waals surface area contributed by atoms with E-state index in [1.165, 1.54) is 7.11 Å². The number of rotatable bonds is 8. The largest absolute Gasteiger partial charge is 0.490 e. The fraction of sp³-hybridized carbons (Fsp3) is 0.417. The molecule has 0 heterocycles. The quantitative estimate of drug-likeness (QED) is 0.538. The van der Waals surface area contributed by atoms with Crippen LogP contribution < -0.4 is 9.46 Å². The van der Waals surface area contributed by atoms with E-state index in [2.05, 4.69) is 4.72 Å².